The van der Waals surface area contributed by atoms with Crippen LogP contribution in [0.15, 0.2) is 0 Å². The first kappa shape index (κ1) is 60.9. The predicted molar refractivity (Wildman–Crippen MR) is 269 cm³/mol. The molecule has 0 saturated carbocycles. The second kappa shape index (κ2) is 43.8. The zero-order valence-electron chi connectivity index (χ0n) is 43.2. The Hall–Kier alpha value is -0.107. The van der Waals surface area contributed by atoms with E-state index in [2.05, 4.69) is 55.4 Å². The van der Waals surface area contributed by atoms with Gasteiger partial charge in [-0.25, -0.2) is 0 Å². The van der Waals surface area contributed by atoms with E-state index in [1.54, 1.807) is 0 Å². The van der Waals surface area contributed by atoms with Gasteiger partial charge < -0.3 is 0 Å². The van der Waals surface area contributed by atoms with E-state index in [4.69, 9.17) is 0 Å². The maximum absolute atomic E-state index is 14.3. The van der Waals surface area contributed by atoms with Crippen LogP contribution in [0.5, 0.6) is 0 Å². The van der Waals surface area contributed by atoms with Gasteiger partial charge in [-0.3, -0.25) is 0 Å². The summed E-state index contributed by atoms with van der Waals surface area (Å²) in [5, 5.41) is 0. The van der Waals surface area contributed by atoms with Gasteiger partial charge >= 0.3 is 274 Å². The molecule has 4 heteroatoms. The molecule has 0 atom stereocenters. The van der Waals surface area contributed by atoms with E-state index in [1.807, 2.05) is 0 Å². The van der Waals surface area contributed by atoms with Gasteiger partial charge in [0.15, 0.2) is 0 Å². The van der Waals surface area contributed by atoms with Crippen LogP contribution in [-0.4, -0.2) is 10.5 Å². The zero-order chi connectivity index (χ0) is 45.2. The molecule has 0 aromatic heterocycles. The van der Waals surface area contributed by atoms with E-state index in [-0.39, 0.29) is 14.1 Å². The molecule has 0 saturated heterocycles. The van der Waals surface area contributed by atoms with Crippen LogP contribution in [0.4, 0.5) is 0 Å². The van der Waals surface area contributed by atoms with Crippen molar-refractivity contribution in [2.24, 2.45) is 17.8 Å². The molecule has 0 aromatic rings. The van der Waals surface area contributed by atoms with Gasteiger partial charge in [-0.05, 0) is 17.8 Å². The second-order valence-corrected chi connectivity index (χ2v) is 32.7. The maximum atomic E-state index is 14.3. The number of carbonyl (C=O) groups is 3. The Morgan fingerprint density at radius 2 is 0.393 bits per heavy atom. The van der Waals surface area contributed by atoms with Crippen LogP contribution >= 0.6 is 0 Å². The molecule has 0 radical (unpaired) electrons. The Morgan fingerprint density at radius 3 is 0.541 bits per heavy atom. The van der Waals surface area contributed by atoms with Crippen molar-refractivity contribution >= 4 is 10.5 Å². The predicted octanol–water partition coefficient (Wildman–Crippen LogP) is 19.9. The van der Waals surface area contributed by atoms with Crippen LogP contribution in [0.3, 0.4) is 0 Å². The molecule has 0 amide bonds. The Labute approximate surface area is 389 Å². The van der Waals surface area contributed by atoms with Crippen LogP contribution in [0.1, 0.15) is 325 Å². The molecule has 0 heterocycles. The molecule has 0 rings (SSSR count). The van der Waals surface area contributed by atoms with Crippen molar-refractivity contribution in [1.82, 2.24) is 0 Å². The van der Waals surface area contributed by atoms with Crippen LogP contribution in [-0.2, 0) is 34.7 Å². The fourth-order valence-electron chi connectivity index (χ4n) is 9.84. The molecule has 0 fully saturated rings. The number of rotatable bonds is 49. The van der Waals surface area contributed by atoms with Crippen molar-refractivity contribution < 1.29 is 34.7 Å². The van der Waals surface area contributed by atoms with Crippen molar-refractivity contribution in [3.05, 3.63) is 0 Å². The quantitative estimate of drug-likeness (QED) is 0.0571. The van der Waals surface area contributed by atoms with Gasteiger partial charge in [0.25, 0.3) is 0 Å². The fraction of sp³-hybridized carbons (Fsp3) is 0.947. The minimum atomic E-state index is -4.45. The van der Waals surface area contributed by atoms with E-state index < -0.39 is 20.3 Å². The molecule has 3 nitrogen and oxygen atoms in total. The topological polar surface area (TPSA) is 51.2 Å². The van der Waals surface area contributed by atoms with Gasteiger partial charge in [-0.15, -0.1) is 0 Å². The molecule has 0 aliphatic heterocycles. The molecular formula is C57H112O3Zr. The van der Waals surface area contributed by atoms with Crippen LogP contribution in [0, 0.1) is 17.8 Å². The molecule has 0 aromatic carbocycles. The SMILES string of the molecule is CC(C)CCCCCCCCCCCCCC[C](=O)[Zr]([C](=O)CCCCCCCCCCCCCCC(C)C)([C](=O)CCCCCCCCCCCCCCC(C)C)[CH](C)C. The van der Waals surface area contributed by atoms with E-state index >= 15 is 0 Å². The summed E-state index contributed by atoms with van der Waals surface area (Å²) >= 11 is -4.45. The molecule has 0 N–H and O–H groups in total. The Morgan fingerprint density at radius 1 is 0.246 bits per heavy atom. The number of unbranched alkanes of at least 4 members (excludes halogenated alkanes) is 33. The van der Waals surface area contributed by atoms with E-state index in [0.29, 0.717) is 19.3 Å². The van der Waals surface area contributed by atoms with Crippen molar-refractivity contribution in [1.29, 1.82) is 0 Å². The standard InChI is InChI=1S/3C18H35O.C3H7.Zr/c3*1-18(2)16-14-12-10-8-6-4-3-5-7-9-11-13-15-17-19;1-3-2;/h3*18H,3-16H2,1-2H3;3H,1-2H3;. The van der Waals surface area contributed by atoms with Gasteiger partial charge in [-0.1, -0.05) is 99.3 Å². The average Bonchev–Trinajstić information content (AvgIpc) is 3.20. The third-order valence-corrected chi connectivity index (χ3v) is 26.6. The minimum absolute atomic E-state index is 0.0672. The summed E-state index contributed by atoms with van der Waals surface area (Å²) in [7, 11) is 0. The second-order valence-electron chi connectivity index (χ2n) is 21.8. The van der Waals surface area contributed by atoms with Gasteiger partial charge in [0.2, 0.25) is 0 Å². The number of carbonyl (C=O) groups excluding carboxylic acids is 3. The summed E-state index contributed by atoms with van der Waals surface area (Å²) in [6.45, 7) is 18.1. The number of hydrogen-bond acceptors (Lipinski definition) is 3. The van der Waals surface area contributed by atoms with E-state index in [0.717, 1.165) is 56.3 Å². The Balaban J connectivity index is 4.76. The molecule has 0 unspecified atom stereocenters. The van der Waals surface area contributed by atoms with Crippen molar-refractivity contribution in [2.75, 3.05) is 0 Å². The summed E-state index contributed by atoms with van der Waals surface area (Å²) in [6.07, 6.45) is 51.3. The molecule has 362 valence electrons. The van der Waals surface area contributed by atoms with Gasteiger partial charge in [0, 0.05) is 0 Å². The molecule has 0 aliphatic rings. The summed E-state index contributed by atoms with van der Waals surface area (Å²) in [5.41, 5.74) is 0. The first-order valence-corrected chi connectivity index (χ1v) is 33.2. The van der Waals surface area contributed by atoms with Crippen LogP contribution in [0.2, 0.25) is 3.63 Å². The molecule has 0 bridgehead atoms. The average molecular weight is 937 g/mol. The molecule has 0 aliphatic carbocycles. The summed E-state index contributed by atoms with van der Waals surface area (Å²) in [6, 6.07) is 0. The van der Waals surface area contributed by atoms with Crippen molar-refractivity contribution in [2.45, 2.75) is 329 Å². The van der Waals surface area contributed by atoms with E-state index in [9.17, 15) is 14.4 Å². The molecular weight excluding hydrogens is 824 g/mol. The van der Waals surface area contributed by atoms with Crippen LogP contribution in [0.25, 0.3) is 0 Å². The third kappa shape index (κ3) is 35.8. The van der Waals surface area contributed by atoms with Crippen molar-refractivity contribution in [3.8, 4) is 0 Å². The normalized spacial score (nSPS) is 12.2. The third-order valence-electron chi connectivity index (χ3n) is 14.0. The first-order valence-electron chi connectivity index (χ1n) is 28.1. The van der Waals surface area contributed by atoms with Gasteiger partial charge in [-0.2, -0.15) is 0 Å². The Kier molecular flexibility index (Phi) is 43.7. The number of hydrogen-bond donors (Lipinski definition) is 0. The molecule has 61 heavy (non-hydrogen) atoms. The van der Waals surface area contributed by atoms with Crippen LogP contribution < -0.4 is 0 Å². The monoisotopic (exact) mass is 935 g/mol. The first-order chi connectivity index (χ1) is 29.5. The molecule has 0 spiro atoms. The van der Waals surface area contributed by atoms with Crippen molar-refractivity contribution in [3.63, 3.8) is 0 Å². The Bertz CT molecular complexity index is 866. The summed E-state index contributed by atoms with van der Waals surface area (Å²) in [4.78, 5) is 42.9. The summed E-state index contributed by atoms with van der Waals surface area (Å²) in [5.74, 6) is 2.52. The van der Waals surface area contributed by atoms with Gasteiger partial charge in [0.05, 0.1) is 0 Å². The fourth-order valence-corrected chi connectivity index (χ4v) is 21.1. The zero-order valence-corrected chi connectivity index (χ0v) is 45.7. The summed E-state index contributed by atoms with van der Waals surface area (Å²) < 4.78 is 0.370. The van der Waals surface area contributed by atoms with Gasteiger partial charge in [0.1, 0.15) is 0 Å². The van der Waals surface area contributed by atoms with E-state index in [1.165, 1.54) is 212 Å².